The Kier molecular flexibility index (Phi) is 2.89. The molecule has 2 bridgehead atoms. The molecule has 3 aliphatic rings. The third kappa shape index (κ3) is 1.86. The van der Waals surface area contributed by atoms with E-state index in [1.54, 1.807) is 0 Å². The van der Waals surface area contributed by atoms with E-state index >= 15 is 0 Å². The fourth-order valence-corrected chi connectivity index (χ4v) is 5.32. The molecule has 6 unspecified atom stereocenters. The van der Waals surface area contributed by atoms with Crippen molar-refractivity contribution >= 4 is 33.5 Å². The molecule has 1 aromatic rings. The number of amides is 1. The van der Waals surface area contributed by atoms with Gasteiger partial charge in [0.2, 0.25) is 5.91 Å². The number of aryl methyl sites for hydroxylation is 1. The number of halogens is 1. The molecule has 1 heterocycles. The Bertz CT molecular complexity index is 632. The number of carbonyl (C=O) groups is 2. The molecule has 0 spiro atoms. The van der Waals surface area contributed by atoms with Gasteiger partial charge in [-0.3, -0.25) is 9.59 Å². The quantitative estimate of drug-likeness (QED) is 0.659. The molecular formula is C16H16BrNO3. The first-order chi connectivity index (χ1) is 10.1. The maximum absolute atomic E-state index is 12.7. The summed E-state index contributed by atoms with van der Waals surface area (Å²) in [6.07, 6.45) is 0.874. The number of rotatable bonds is 2. The van der Waals surface area contributed by atoms with Crippen LogP contribution in [-0.2, 0) is 14.3 Å². The Labute approximate surface area is 131 Å². The van der Waals surface area contributed by atoms with E-state index in [0.29, 0.717) is 0 Å². The average Bonchev–Trinajstić information content (AvgIpc) is 3.02. The second-order valence-electron chi connectivity index (χ2n) is 6.32. The zero-order valence-corrected chi connectivity index (χ0v) is 13.2. The maximum Gasteiger partial charge on any atom is 0.310 e. The highest BCUT2D eigenvalue weighted by Gasteiger charge is 2.67. The minimum Gasteiger partial charge on any atom is -0.461 e. The number of fused-ring (bicyclic) bond motifs is 1. The summed E-state index contributed by atoms with van der Waals surface area (Å²) in [6.45, 7) is 1.99. The van der Waals surface area contributed by atoms with E-state index in [-0.39, 0.29) is 46.5 Å². The normalized spacial score (nSPS) is 39.4. The highest BCUT2D eigenvalue weighted by Crippen LogP contribution is 2.60. The minimum atomic E-state index is -0.272. The van der Waals surface area contributed by atoms with E-state index in [1.807, 2.05) is 31.2 Å². The van der Waals surface area contributed by atoms with Crippen LogP contribution in [-0.4, -0.2) is 22.8 Å². The Morgan fingerprint density at radius 1 is 1.38 bits per heavy atom. The zero-order valence-electron chi connectivity index (χ0n) is 11.6. The molecule has 2 aliphatic carbocycles. The highest BCUT2D eigenvalue weighted by molar-refractivity contribution is 9.09. The van der Waals surface area contributed by atoms with Crippen molar-refractivity contribution in [2.75, 3.05) is 5.32 Å². The average molecular weight is 350 g/mol. The van der Waals surface area contributed by atoms with Crippen LogP contribution in [0.4, 0.5) is 5.69 Å². The number of hydrogen-bond donors (Lipinski definition) is 1. The van der Waals surface area contributed by atoms with Crippen LogP contribution in [0.1, 0.15) is 12.0 Å². The molecule has 3 fully saturated rings. The number of anilines is 1. The van der Waals surface area contributed by atoms with E-state index < -0.39 is 0 Å². The molecule has 6 atom stereocenters. The number of ether oxygens (including phenoxy) is 1. The second kappa shape index (κ2) is 4.57. The van der Waals surface area contributed by atoms with E-state index in [2.05, 4.69) is 21.2 Å². The number of alkyl halides is 1. The van der Waals surface area contributed by atoms with Gasteiger partial charge in [0.05, 0.1) is 16.7 Å². The molecule has 1 amide bonds. The van der Waals surface area contributed by atoms with Crippen LogP contribution >= 0.6 is 15.9 Å². The van der Waals surface area contributed by atoms with Crippen molar-refractivity contribution < 1.29 is 14.3 Å². The Morgan fingerprint density at radius 3 is 2.95 bits per heavy atom. The molecule has 0 radical (unpaired) electrons. The van der Waals surface area contributed by atoms with E-state index in [9.17, 15) is 9.59 Å². The fourth-order valence-electron chi connectivity index (χ4n) is 4.28. The van der Waals surface area contributed by atoms with E-state index in [1.165, 1.54) is 0 Å². The summed E-state index contributed by atoms with van der Waals surface area (Å²) < 4.78 is 5.44. The number of carbonyl (C=O) groups excluding carboxylic acids is 2. The Morgan fingerprint density at radius 2 is 2.19 bits per heavy atom. The molecule has 1 aliphatic heterocycles. The Balaban J connectivity index is 1.59. The third-order valence-electron chi connectivity index (χ3n) is 5.11. The number of esters is 1. The maximum atomic E-state index is 12.7. The molecule has 1 saturated heterocycles. The van der Waals surface area contributed by atoms with E-state index in [4.69, 9.17) is 4.74 Å². The lowest BCUT2D eigenvalue weighted by molar-refractivity contribution is -0.145. The summed E-state index contributed by atoms with van der Waals surface area (Å²) in [4.78, 5) is 24.8. The zero-order chi connectivity index (χ0) is 14.7. The highest BCUT2D eigenvalue weighted by atomic mass is 79.9. The van der Waals surface area contributed by atoms with Gasteiger partial charge >= 0.3 is 5.97 Å². The van der Waals surface area contributed by atoms with Gasteiger partial charge in [-0.25, -0.2) is 0 Å². The molecule has 1 aromatic carbocycles. The predicted molar refractivity (Wildman–Crippen MR) is 81.0 cm³/mol. The van der Waals surface area contributed by atoms with Gasteiger partial charge in [0.25, 0.3) is 0 Å². The van der Waals surface area contributed by atoms with Gasteiger partial charge in [-0.15, -0.1) is 0 Å². The van der Waals surface area contributed by atoms with Gasteiger partial charge in [-0.05, 0) is 37.0 Å². The first kappa shape index (κ1) is 13.3. The summed E-state index contributed by atoms with van der Waals surface area (Å²) in [7, 11) is 0. The topological polar surface area (TPSA) is 55.4 Å². The van der Waals surface area contributed by atoms with Gasteiger partial charge in [0.15, 0.2) is 0 Å². The Hall–Kier alpha value is -1.36. The largest absolute Gasteiger partial charge is 0.461 e. The van der Waals surface area contributed by atoms with Crippen LogP contribution in [0.25, 0.3) is 0 Å². The molecule has 21 heavy (non-hydrogen) atoms. The second-order valence-corrected chi connectivity index (χ2v) is 7.38. The van der Waals surface area contributed by atoms with Gasteiger partial charge in [0, 0.05) is 11.6 Å². The van der Waals surface area contributed by atoms with Crippen molar-refractivity contribution in [1.82, 2.24) is 0 Å². The van der Waals surface area contributed by atoms with Crippen molar-refractivity contribution in [3.63, 3.8) is 0 Å². The molecule has 1 N–H and O–H groups in total. The van der Waals surface area contributed by atoms with Crippen LogP contribution in [0.15, 0.2) is 24.3 Å². The molecule has 2 saturated carbocycles. The number of benzene rings is 1. The van der Waals surface area contributed by atoms with Crippen LogP contribution < -0.4 is 5.32 Å². The first-order valence-electron chi connectivity index (χ1n) is 7.28. The number of hydrogen-bond acceptors (Lipinski definition) is 3. The molecule has 4 rings (SSSR count). The predicted octanol–water partition coefficient (Wildman–Crippen LogP) is 2.50. The lowest BCUT2D eigenvalue weighted by atomic mass is 9.79. The molecular weight excluding hydrogens is 334 g/mol. The third-order valence-corrected chi connectivity index (χ3v) is 6.31. The number of nitrogens with one attached hydrogen (secondary N) is 1. The lowest BCUT2D eigenvalue weighted by Gasteiger charge is -2.27. The van der Waals surface area contributed by atoms with Crippen molar-refractivity contribution in [2.45, 2.75) is 24.3 Å². The smallest absolute Gasteiger partial charge is 0.310 e. The van der Waals surface area contributed by atoms with Crippen molar-refractivity contribution in [2.24, 2.45) is 23.7 Å². The van der Waals surface area contributed by atoms with Crippen molar-refractivity contribution in [1.29, 1.82) is 0 Å². The summed E-state index contributed by atoms with van der Waals surface area (Å²) in [5, 5.41) is 2.97. The molecule has 4 nitrogen and oxygen atoms in total. The van der Waals surface area contributed by atoms with Gasteiger partial charge < -0.3 is 10.1 Å². The fraction of sp³-hybridized carbons (Fsp3) is 0.500. The summed E-state index contributed by atoms with van der Waals surface area (Å²) in [6, 6.07) is 7.71. The molecule has 5 heteroatoms. The SMILES string of the molecule is Cc1cccc(NC(=O)C2C3CC4C(OC(=O)C42)C3Br)c1. The minimum absolute atomic E-state index is 0.0319. The van der Waals surface area contributed by atoms with Crippen molar-refractivity contribution in [3.05, 3.63) is 29.8 Å². The van der Waals surface area contributed by atoms with Gasteiger partial charge in [-0.1, -0.05) is 28.1 Å². The van der Waals surface area contributed by atoms with Crippen LogP contribution in [0, 0.1) is 30.6 Å². The summed E-state index contributed by atoms with van der Waals surface area (Å²) >= 11 is 3.62. The van der Waals surface area contributed by atoms with Gasteiger partial charge in [-0.2, -0.15) is 0 Å². The van der Waals surface area contributed by atoms with E-state index in [0.717, 1.165) is 17.7 Å². The van der Waals surface area contributed by atoms with Crippen LogP contribution in [0.3, 0.4) is 0 Å². The van der Waals surface area contributed by atoms with Crippen molar-refractivity contribution in [3.8, 4) is 0 Å². The summed E-state index contributed by atoms with van der Waals surface area (Å²) in [5.41, 5.74) is 1.89. The molecule has 0 aromatic heterocycles. The standard InChI is InChI=1S/C16H16BrNO3/c1-7-3-2-4-8(5-7)18-15(19)11-9-6-10-12(11)16(20)21-14(10)13(9)17/h2-5,9-14H,6H2,1H3,(H,18,19). The first-order valence-corrected chi connectivity index (χ1v) is 8.20. The van der Waals surface area contributed by atoms with Gasteiger partial charge in [0.1, 0.15) is 6.10 Å². The lowest BCUT2D eigenvalue weighted by Crippen LogP contribution is -2.40. The van der Waals surface area contributed by atoms with Crippen LogP contribution in [0.2, 0.25) is 0 Å². The molecule has 110 valence electrons. The monoisotopic (exact) mass is 349 g/mol. The van der Waals surface area contributed by atoms with Crippen LogP contribution in [0.5, 0.6) is 0 Å². The summed E-state index contributed by atoms with van der Waals surface area (Å²) in [5.74, 6) is -0.371.